The Balaban J connectivity index is 1.85. The van der Waals surface area contributed by atoms with Gasteiger partial charge in [-0.3, -0.25) is 4.79 Å². The fourth-order valence-corrected chi connectivity index (χ4v) is 2.29. The van der Waals surface area contributed by atoms with Gasteiger partial charge in [0.1, 0.15) is 17.3 Å². The minimum atomic E-state index is -1.00. The number of aromatic hydroxyl groups is 1. The quantitative estimate of drug-likeness (QED) is 0.558. The lowest BCUT2D eigenvalue weighted by Crippen LogP contribution is -2.34. The Morgan fingerprint density at radius 3 is 2.58 bits per heavy atom. The summed E-state index contributed by atoms with van der Waals surface area (Å²) in [6.45, 7) is 0.272. The van der Waals surface area contributed by atoms with Gasteiger partial charge in [-0.05, 0) is 48.4 Å². The van der Waals surface area contributed by atoms with Gasteiger partial charge in [-0.2, -0.15) is 0 Å². The average molecular weight is 361 g/mol. The Labute approximate surface area is 150 Å². The van der Waals surface area contributed by atoms with Gasteiger partial charge in [-0.15, -0.1) is 0 Å². The van der Waals surface area contributed by atoms with E-state index in [0.717, 1.165) is 0 Å². The molecule has 138 valence electrons. The molecule has 0 aliphatic carbocycles. The number of hydrogen-bond acceptors (Lipinski definition) is 5. The van der Waals surface area contributed by atoms with E-state index in [1.54, 1.807) is 12.1 Å². The maximum atomic E-state index is 12.8. The topological polar surface area (TPSA) is 84.9 Å². The summed E-state index contributed by atoms with van der Waals surface area (Å²) < 4.78 is 22.9. The minimum absolute atomic E-state index is 0.0154. The number of benzene rings is 2. The predicted molar refractivity (Wildman–Crippen MR) is 92.1 cm³/mol. The summed E-state index contributed by atoms with van der Waals surface area (Å²) in [6, 6.07) is 10.6. The van der Waals surface area contributed by atoms with Crippen LogP contribution >= 0.6 is 0 Å². The summed E-state index contributed by atoms with van der Waals surface area (Å²) in [6.07, 6.45) is 0.546. The summed E-state index contributed by atoms with van der Waals surface area (Å²) in [5.74, 6) is -0.840. The number of esters is 1. The molecule has 2 rings (SSSR count). The first-order valence-corrected chi connectivity index (χ1v) is 8.04. The molecule has 0 bridgehead atoms. The Hall–Kier alpha value is -3.09. The summed E-state index contributed by atoms with van der Waals surface area (Å²) in [4.78, 5) is 24.0. The second-order valence-corrected chi connectivity index (χ2v) is 5.52. The average Bonchev–Trinajstić information content (AvgIpc) is 2.64. The Morgan fingerprint density at radius 2 is 1.92 bits per heavy atom. The van der Waals surface area contributed by atoms with Crippen molar-refractivity contribution in [3.8, 4) is 11.5 Å². The van der Waals surface area contributed by atoms with Crippen molar-refractivity contribution in [1.29, 1.82) is 0 Å². The molecule has 26 heavy (non-hydrogen) atoms. The number of amides is 1. The van der Waals surface area contributed by atoms with Crippen molar-refractivity contribution in [3.05, 3.63) is 59.9 Å². The monoisotopic (exact) mass is 361 g/mol. The van der Waals surface area contributed by atoms with Gasteiger partial charge in [-0.1, -0.05) is 12.1 Å². The number of carbonyl (C=O) groups excluding carboxylic acids is 2. The van der Waals surface area contributed by atoms with E-state index < -0.39 is 12.0 Å². The number of phenols is 1. The summed E-state index contributed by atoms with van der Waals surface area (Å²) in [7, 11) is 1.22. The lowest BCUT2D eigenvalue weighted by molar-refractivity contribution is -0.145. The first kappa shape index (κ1) is 19.2. The number of ether oxygens (including phenoxy) is 2. The van der Waals surface area contributed by atoms with Crippen molar-refractivity contribution in [3.63, 3.8) is 0 Å². The molecule has 0 aliphatic rings. The normalized spacial score (nSPS) is 11.5. The molecule has 0 radical (unpaired) electrons. The molecule has 0 saturated heterocycles. The number of carbonyl (C=O) groups is 2. The van der Waals surface area contributed by atoms with Crippen molar-refractivity contribution in [2.24, 2.45) is 0 Å². The van der Waals surface area contributed by atoms with Crippen LogP contribution in [0, 0.1) is 5.82 Å². The third-order valence-electron chi connectivity index (χ3n) is 3.58. The molecular weight excluding hydrogens is 341 g/mol. The van der Waals surface area contributed by atoms with Crippen molar-refractivity contribution in [1.82, 2.24) is 5.32 Å². The van der Waals surface area contributed by atoms with Crippen LogP contribution in [0.15, 0.2) is 48.5 Å². The van der Waals surface area contributed by atoms with Gasteiger partial charge in [0.2, 0.25) is 5.91 Å². The van der Waals surface area contributed by atoms with E-state index in [4.69, 9.17) is 9.47 Å². The molecule has 7 heteroatoms. The van der Waals surface area contributed by atoms with Crippen molar-refractivity contribution >= 4 is 11.9 Å². The number of phenolic OH excluding ortho intramolecular Hbond substituents is 1. The van der Waals surface area contributed by atoms with E-state index in [0.29, 0.717) is 17.7 Å². The Bertz CT molecular complexity index is 748. The molecule has 2 aromatic carbocycles. The zero-order valence-corrected chi connectivity index (χ0v) is 14.3. The molecule has 0 fully saturated rings. The highest BCUT2D eigenvalue weighted by atomic mass is 19.1. The fourth-order valence-electron chi connectivity index (χ4n) is 2.29. The van der Waals surface area contributed by atoms with Crippen LogP contribution in [0.25, 0.3) is 0 Å². The third kappa shape index (κ3) is 5.77. The molecule has 0 saturated carbocycles. The van der Waals surface area contributed by atoms with Gasteiger partial charge in [-0.25, -0.2) is 9.18 Å². The van der Waals surface area contributed by atoms with Crippen molar-refractivity contribution in [2.75, 3.05) is 13.7 Å². The molecule has 0 spiro atoms. The zero-order chi connectivity index (χ0) is 18.9. The summed E-state index contributed by atoms with van der Waals surface area (Å²) >= 11 is 0. The van der Waals surface area contributed by atoms with Gasteiger partial charge in [0.05, 0.1) is 13.7 Å². The first-order valence-electron chi connectivity index (χ1n) is 8.04. The third-order valence-corrected chi connectivity index (χ3v) is 3.58. The highest BCUT2D eigenvalue weighted by molar-refractivity contribution is 5.85. The van der Waals surface area contributed by atoms with Crippen LogP contribution in [0.1, 0.15) is 24.4 Å². The second-order valence-electron chi connectivity index (χ2n) is 5.52. The molecule has 6 nitrogen and oxygen atoms in total. The lowest BCUT2D eigenvalue weighted by atomic mass is 10.1. The van der Waals surface area contributed by atoms with Gasteiger partial charge in [0, 0.05) is 6.42 Å². The molecular formula is C19H20FNO5. The maximum Gasteiger partial charge on any atom is 0.333 e. The van der Waals surface area contributed by atoms with Crippen LogP contribution in [0.3, 0.4) is 0 Å². The SMILES string of the molecule is COC(=O)[C@@H](NC(=O)CCCOc1ccc(F)cc1)c1cccc(O)c1. The van der Waals surface area contributed by atoms with E-state index in [9.17, 15) is 19.1 Å². The van der Waals surface area contributed by atoms with E-state index in [2.05, 4.69) is 5.32 Å². The number of methoxy groups -OCH3 is 1. The highest BCUT2D eigenvalue weighted by Crippen LogP contribution is 2.20. The Morgan fingerprint density at radius 1 is 1.19 bits per heavy atom. The van der Waals surface area contributed by atoms with Crippen molar-refractivity contribution < 1.29 is 28.6 Å². The van der Waals surface area contributed by atoms with Crippen LogP contribution in [-0.4, -0.2) is 30.7 Å². The first-order chi connectivity index (χ1) is 12.5. The van der Waals surface area contributed by atoms with Crippen LogP contribution in [0.5, 0.6) is 11.5 Å². The second kappa shape index (κ2) is 9.41. The van der Waals surface area contributed by atoms with E-state index >= 15 is 0 Å². The molecule has 0 heterocycles. The Kier molecular flexibility index (Phi) is 6.96. The van der Waals surface area contributed by atoms with Gasteiger partial charge >= 0.3 is 5.97 Å². The number of nitrogens with one attached hydrogen (secondary N) is 1. The molecule has 2 aromatic rings. The molecule has 0 unspecified atom stereocenters. The van der Waals surface area contributed by atoms with Crippen LogP contribution < -0.4 is 10.1 Å². The van der Waals surface area contributed by atoms with E-state index in [-0.39, 0.29) is 30.5 Å². The van der Waals surface area contributed by atoms with Crippen LogP contribution in [0.4, 0.5) is 4.39 Å². The summed E-state index contributed by atoms with van der Waals surface area (Å²) in [5.41, 5.74) is 0.424. The molecule has 0 aliphatic heterocycles. The summed E-state index contributed by atoms with van der Waals surface area (Å²) in [5, 5.41) is 12.1. The maximum absolute atomic E-state index is 12.8. The van der Waals surface area contributed by atoms with Crippen LogP contribution in [0.2, 0.25) is 0 Å². The smallest absolute Gasteiger partial charge is 0.333 e. The van der Waals surface area contributed by atoms with E-state index in [1.807, 2.05) is 0 Å². The zero-order valence-electron chi connectivity index (χ0n) is 14.3. The molecule has 2 N–H and O–H groups in total. The molecule has 1 amide bonds. The van der Waals surface area contributed by atoms with Gasteiger partial charge < -0.3 is 19.9 Å². The van der Waals surface area contributed by atoms with E-state index in [1.165, 1.54) is 43.5 Å². The largest absolute Gasteiger partial charge is 0.508 e. The van der Waals surface area contributed by atoms with Crippen molar-refractivity contribution in [2.45, 2.75) is 18.9 Å². The predicted octanol–water partition coefficient (Wildman–Crippen LogP) is 2.72. The molecule has 0 aromatic heterocycles. The van der Waals surface area contributed by atoms with Gasteiger partial charge in [0.15, 0.2) is 6.04 Å². The van der Waals surface area contributed by atoms with Gasteiger partial charge in [0.25, 0.3) is 0 Å². The highest BCUT2D eigenvalue weighted by Gasteiger charge is 2.23. The lowest BCUT2D eigenvalue weighted by Gasteiger charge is -2.17. The minimum Gasteiger partial charge on any atom is -0.508 e. The van der Waals surface area contributed by atoms with Crippen LogP contribution in [-0.2, 0) is 14.3 Å². The standard InChI is InChI=1S/C19H20FNO5/c1-25-19(24)18(13-4-2-5-15(22)12-13)21-17(23)6-3-11-26-16-9-7-14(20)8-10-16/h2,4-5,7-10,12,18,22H,3,6,11H2,1H3,(H,21,23)/t18-/m0/s1. The number of halogens is 1. The number of hydrogen-bond donors (Lipinski definition) is 2. The fraction of sp³-hybridized carbons (Fsp3) is 0.263. The number of rotatable bonds is 8. The molecule has 1 atom stereocenters.